The lowest BCUT2D eigenvalue weighted by molar-refractivity contribution is -0.132. The van der Waals surface area contributed by atoms with Crippen molar-refractivity contribution in [3.8, 4) is 5.75 Å². The summed E-state index contributed by atoms with van der Waals surface area (Å²) in [6, 6.07) is 7.65. The molecule has 0 aliphatic carbocycles. The molecule has 2 rings (SSSR count). The number of nitrogen functional groups attached to an aromatic ring is 1. The normalized spacial score (nSPS) is 10.4. The van der Waals surface area contributed by atoms with Gasteiger partial charge in [0.2, 0.25) is 11.9 Å². The molecule has 0 saturated carbocycles. The van der Waals surface area contributed by atoms with E-state index in [4.69, 9.17) is 10.5 Å². The second-order valence-corrected chi connectivity index (χ2v) is 4.56. The highest BCUT2D eigenvalue weighted by Crippen LogP contribution is 2.13. The molecule has 0 fully saturated rings. The van der Waals surface area contributed by atoms with Crippen molar-refractivity contribution in [1.82, 2.24) is 19.7 Å². The maximum Gasteiger partial charge on any atom is 0.244 e. The number of benzene rings is 1. The van der Waals surface area contributed by atoms with Gasteiger partial charge in [-0.2, -0.15) is 0 Å². The third kappa shape index (κ3) is 3.95. The Morgan fingerprint density at radius 3 is 2.62 bits per heavy atom. The first-order valence-corrected chi connectivity index (χ1v) is 6.68. The molecule has 0 unspecified atom stereocenters. The van der Waals surface area contributed by atoms with Crippen molar-refractivity contribution in [2.24, 2.45) is 0 Å². The molecule has 0 spiro atoms. The molecule has 1 amide bonds. The summed E-state index contributed by atoms with van der Waals surface area (Å²) in [5, 5.41) is 3.92. The first kappa shape index (κ1) is 14.8. The maximum absolute atomic E-state index is 12.3. The van der Waals surface area contributed by atoms with Crippen LogP contribution < -0.4 is 10.5 Å². The van der Waals surface area contributed by atoms with Crippen LogP contribution in [0.3, 0.4) is 0 Å². The van der Waals surface area contributed by atoms with E-state index in [0.717, 1.165) is 11.3 Å². The van der Waals surface area contributed by atoms with Crippen LogP contribution in [-0.2, 0) is 17.9 Å². The summed E-state index contributed by atoms with van der Waals surface area (Å²) in [4.78, 5) is 17.8. The standard InChI is InChI=1S/C14H19N5O2/c1-3-18(8-11-4-6-12(21-2)7-5-11)13(20)9-19-10-16-14(15)17-19/h4-7,10H,3,8-9H2,1-2H3,(H2,15,17). The Bertz CT molecular complexity index is 594. The van der Waals surface area contributed by atoms with Crippen LogP contribution in [0.25, 0.3) is 0 Å². The van der Waals surface area contributed by atoms with Crippen LogP contribution in [0.2, 0.25) is 0 Å². The van der Waals surface area contributed by atoms with Gasteiger partial charge in [0, 0.05) is 13.1 Å². The molecule has 1 aromatic carbocycles. The molecular weight excluding hydrogens is 270 g/mol. The molecule has 21 heavy (non-hydrogen) atoms. The summed E-state index contributed by atoms with van der Waals surface area (Å²) in [5.74, 6) is 0.936. The largest absolute Gasteiger partial charge is 0.497 e. The topological polar surface area (TPSA) is 86.3 Å². The summed E-state index contributed by atoms with van der Waals surface area (Å²) in [6.07, 6.45) is 1.45. The van der Waals surface area contributed by atoms with Crippen LogP contribution >= 0.6 is 0 Å². The minimum atomic E-state index is -0.0294. The van der Waals surface area contributed by atoms with Gasteiger partial charge in [-0.05, 0) is 24.6 Å². The number of nitrogens with zero attached hydrogens (tertiary/aromatic N) is 4. The van der Waals surface area contributed by atoms with Crippen molar-refractivity contribution in [1.29, 1.82) is 0 Å². The number of nitrogens with two attached hydrogens (primary N) is 1. The summed E-state index contributed by atoms with van der Waals surface area (Å²) in [5.41, 5.74) is 6.48. The second kappa shape index (κ2) is 6.74. The third-order valence-corrected chi connectivity index (χ3v) is 3.12. The lowest BCUT2D eigenvalue weighted by atomic mass is 10.2. The number of amides is 1. The quantitative estimate of drug-likeness (QED) is 0.854. The number of anilines is 1. The Morgan fingerprint density at radius 1 is 1.38 bits per heavy atom. The molecule has 7 nitrogen and oxygen atoms in total. The fourth-order valence-corrected chi connectivity index (χ4v) is 1.95. The van der Waals surface area contributed by atoms with Gasteiger partial charge in [-0.1, -0.05) is 12.1 Å². The highest BCUT2D eigenvalue weighted by atomic mass is 16.5. The van der Waals surface area contributed by atoms with Gasteiger partial charge in [-0.25, -0.2) is 9.67 Å². The van der Waals surface area contributed by atoms with Gasteiger partial charge in [0.25, 0.3) is 0 Å². The number of carbonyl (C=O) groups excluding carboxylic acids is 1. The van der Waals surface area contributed by atoms with Crippen LogP contribution in [0.4, 0.5) is 5.95 Å². The smallest absolute Gasteiger partial charge is 0.244 e. The zero-order valence-electron chi connectivity index (χ0n) is 12.2. The molecule has 2 aromatic rings. The molecular formula is C14H19N5O2. The van der Waals surface area contributed by atoms with Crippen molar-refractivity contribution in [3.63, 3.8) is 0 Å². The van der Waals surface area contributed by atoms with E-state index in [2.05, 4.69) is 10.1 Å². The number of methoxy groups -OCH3 is 1. The zero-order chi connectivity index (χ0) is 15.2. The Morgan fingerprint density at radius 2 is 2.10 bits per heavy atom. The molecule has 112 valence electrons. The van der Waals surface area contributed by atoms with E-state index in [1.165, 1.54) is 11.0 Å². The van der Waals surface area contributed by atoms with E-state index in [-0.39, 0.29) is 18.4 Å². The van der Waals surface area contributed by atoms with Crippen LogP contribution in [0, 0.1) is 0 Å². The molecule has 0 atom stereocenters. The number of rotatable bonds is 6. The predicted molar refractivity (Wildman–Crippen MR) is 78.5 cm³/mol. The van der Waals surface area contributed by atoms with Crippen molar-refractivity contribution in [3.05, 3.63) is 36.2 Å². The SMILES string of the molecule is CCN(Cc1ccc(OC)cc1)C(=O)Cn1cnc(N)n1. The Hall–Kier alpha value is -2.57. The van der Waals surface area contributed by atoms with Crippen LogP contribution in [0.1, 0.15) is 12.5 Å². The summed E-state index contributed by atoms with van der Waals surface area (Å²) >= 11 is 0. The molecule has 0 radical (unpaired) electrons. The first-order valence-electron chi connectivity index (χ1n) is 6.68. The lowest BCUT2D eigenvalue weighted by Gasteiger charge is -2.21. The lowest BCUT2D eigenvalue weighted by Crippen LogP contribution is -2.33. The highest BCUT2D eigenvalue weighted by molar-refractivity contribution is 5.75. The highest BCUT2D eigenvalue weighted by Gasteiger charge is 2.13. The van der Waals surface area contributed by atoms with Crippen LogP contribution in [0.5, 0.6) is 5.75 Å². The molecule has 0 aliphatic heterocycles. The third-order valence-electron chi connectivity index (χ3n) is 3.12. The van der Waals surface area contributed by atoms with Crippen molar-refractivity contribution >= 4 is 11.9 Å². The van der Waals surface area contributed by atoms with Gasteiger partial charge in [0.05, 0.1) is 7.11 Å². The van der Waals surface area contributed by atoms with E-state index in [1.807, 2.05) is 31.2 Å². The van der Waals surface area contributed by atoms with E-state index < -0.39 is 0 Å². The van der Waals surface area contributed by atoms with Gasteiger partial charge in [-0.15, -0.1) is 5.10 Å². The molecule has 0 bridgehead atoms. The Labute approximate surface area is 123 Å². The molecule has 2 N–H and O–H groups in total. The van der Waals surface area contributed by atoms with Crippen molar-refractivity contribution < 1.29 is 9.53 Å². The van der Waals surface area contributed by atoms with E-state index >= 15 is 0 Å². The van der Waals surface area contributed by atoms with E-state index in [0.29, 0.717) is 13.1 Å². The Balaban J connectivity index is 1.99. The first-order chi connectivity index (χ1) is 10.1. The van der Waals surface area contributed by atoms with Gasteiger partial charge >= 0.3 is 0 Å². The van der Waals surface area contributed by atoms with E-state index in [1.54, 1.807) is 12.0 Å². The number of ether oxygens (including phenoxy) is 1. The molecule has 7 heteroatoms. The number of carbonyl (C=O) groups is 1. The van der Waals surface area contributed by atoms with Crippen LogP contribution in [0.15, 0.2) is 30.6 Å². The monoisotopic (exact) mass is 289 g/mol. The van der Waals surface area contributed by atoms with Gasteiger partial charge in [0.15, 0.2) is 0 Å². The minimum absolute atomic E-state index is 0.0294. The average molecular weight is 289 g/mol. The summed E-state index contributed by atoms with van der Waals surface area (Å²) < 4.78 is 6.56. The number of hydrogen-bond acceptors (Lipinski definition) is 5. The summed E-state index contributed by atoms with van der Waals surface area (Å²) in [6.45, 7) is 3.24. The fraction of sp³-hybridized carbons (Fsp3) is 0.357. The van der Waals surface area contributed by atoms with Gasteiger partial charge in [0.1, 0.15) is 18.6 Å². The van der Waals surface area contributed by atoms with Crippen molar-refractivity contribution in [2.45, 2.75) is 20.0 Å². The fourth-order valence-electron chi connectivity index (χ4n) is 1.95. The maximum atomic E-state index is 12.3. The molecule has 0 saturated heterocycles. The van der Waals surface area contributed by atoms with Gasteiger partial charge < -0.3 is 15.4 Å². The minimum Gasteiger partial charge on any atom is -0.497 e. The number of likely N-dealkylation sites (N-methyl/N-ethyl adjacent to an activating group) is 1. The van der Waals surface area contributed by atoms with Gasteiger partial charge in [-0.3, -0.25) is 4.79 Å². The average Bonchev–Trinajstić information content (AvgIpc) is 2.90. The summed E-state index contributed by atoms with van der Waals surface area (Å²) in [7, 11) is 1.63. The molecule has 0 aliphatic rings. The molecule has 1 heterocycles. The predicted octanol–water partition coefficient (Wildman–Crippen LogP) is 0.918. The second-order valence-electron chi connectivity index (χ2n) is 4.56. The molecule has 1 aromatic heterocycles. The number of hydrogen-bond donors (Lipinski definition) is 1. The zero-order valence-corrected chi connectivity index (χ0v) is 12.2. The van der Waals surface area contributed by atoms with E-state index in [9.17, 15) is 4.79 Å². The Kier molecular flexibility index (Phi) is 4.76. The van der Waals surface area contributed by atoms with Crippen molar-refractivity contribution in [2.75, 3.05) is 19.4 Å². The number of aromatic nitrogens is 3. The van der Waals surface area contributed by atoms with Crippen LogP contribution in [-0.4, -0.2) is 39.2 Å².